The standard InChI is InChI=1S/C16H17NO3S/c18-16(10-13-4-8-21-11-13)17-5-3-12-1-2-14-15(9-12)20-7-6-19-14/h1-2,4,8-9,11H,3,5-7,10H2,(H,17,18). The number of carbonyl (C=O) groups is 1. The van der Waals surface area contributed by atoms with Crippen LogP contribution in [0.5, 0.6) is 11.5 Å². The van der Waals surface area contributed by atoms with Crippen LogP contribution in [-0.4, -0.2) is 25.7 Å². The lowest BCUT2D eigenvalue weighted by Crippen LogP contribution is -2.27. The van der Waals surface area contributed by atoms with Gasteiger partial charge in [-0.2, -0.15) is 11.3 Å². The summed E-state index contributed by atoms with van der Waals surface area (Å²) in [4.78, 5) is 11.8. The van der Waals surface area contributed by atoms with Crippen molar-refractivity contribution < 1.29 is 14.3 Å². The quantitative estimate of drug-likeness (QED) is 0.923. The lowest BCUT2D eigenvalue weighted by Gasteiger charge is -2.18. The van der Waals surface area contributed by atoms with Gasteiger partial charge in [0.25, 0.3) is 0 Å². The molecule has 1 aromatic heterocycles. The third-order valence-corrected chi connectivity index (χ3v) is 4.02. The van der Waals surface area contributed by atoms with Crippen molar-refractivity contribution in [2.75, 3.05) is 19.8 Å². The first-order chi connectivity index (χ1) is 10.3. The number of nitrogens with one attached hydrogen (secondary N) is 1. The Hall–Kier alpha value is -2.01. The van der Waals surface area contributed by atoms with Crippen LogP contribution in [0.15, 0.2) is 35.0 Å². The largest absolute Gasteiger partial charge is 0.486 e. The van der Waals surface area contributed by atoms with Crippen molar-refractivity contribution in [3.63, 3.8) is 0 Å². The summed E-state index contributed by atoms with van der Waals surface area (Å²) < 4.78 is 11.0. The molecule has 1 aromatic carbocycles. The SMILES string of the molecule is O=C(Cc1ccsc1)NCCc1ccc2c(c1)OCCO2. The van der Waals surface area contributed by atoms with E-state index in [0.717, 1.165) is 29.0 Å². The van der Waals surface area contributed by atoms with Crippen molar-refractivity contribution >= 4 is 17.2 Å². The smallest absolute Gasteiger partial charge is 0.224 e. The molecule has 2 aromatic rings. The lowest BCUT2D eigenvalue weighted by molar-refractivity contribution is -0.120. The Morgan fingerprint density at radius 2 is 2.00 bits per heavy atom. The molecule has 2 heterocycles. The zero-order chi connectivity index (χ0) is 14.5. The molecule has 0 atom stereocenters. The van der Waals surface area contributed by atoms with Gasteiger partial charge in [0.15, 0.2) is 11.5 Å². The third kappa shape index (κ3) is 3.76. The second kappa shape index (κ2) is 6.63. The first-order valence-electron chi connectivity index (χ1n) is 6.97. The van der Waals surface area contributed by atoms with E-state index in [9.17, 15) is 4.79 Å². The molecule has 110 valence electrons. The predicted molar refractivity (Wildman–Crippen MR) is 82.2 cm³/mol. The normalized spacial score (nSPS) is 13.0. The molecule has 0 spiro atoms. The molecule has 21 heavy (non-hydrogen) atoms. The monoisotopic (exact) mass is 303 g/mol. The van der Waals surface area contributed by atoms with Crippen LogP contribution in [0.25, 0.3) is 0 Å². The van der Waals surface area contributed by atoms with Crippen molar-refractivity contribution in [1.82, 2.24) is 5.32 Å². The van der Waals surface area contributed by atoms with Gasteiger partial charge in [-0.25, -0.2) is 0 Å². The third-order valence-electron chi connectivity index (χ3n) is 3.29. The average molecular weight is 303 g/mol. The second-order valence-corrected chi connectivity index (χ2v) is 5.67. The summed E-state index contributed by atoms with van der Waals surface area (Å²) in [5.41, 5.74) is 2.20. The summed E-state index contributed by atoms with van der Waals surface area (Å²) in [5, 5.41) is 6.93. The zero-order valence-electron chi connectivity index (χ0n) is 11.6. The highest BCUT2D eigenvalue weighted by Gasteiger charge is 2.11. The van der Waals surface area contributed by atoms with E-state index >= 15 is 0 Å². The lowest BCUT2D eigenvalue weighted by atomic mass is 10.1. The Kier molecular flexibility index (Phi) is 4.40. The molecule has 1 aliphatic rings. The molecular formula is C16H17NO3S. The summed E-state index contributed by atoms with van der Waals surface area (Å²) in [7, 11) is 0. The molecule has 0 saturated carbocycles. The number of rotatable bonds is 5. The van der Waals surface area contributed by atoms with Gasteiger partial charge in [-0.15, -0.1) is 0 Å². The second-order valence-electron chi connectivity index (χ2n) is 4.89. The number of carbonyl (C=O) groups excluding carboxylic acids is 1. The molecule has 4 nitrogen and oxygen atoms in total. The molecule has 1 aliphatic heterocycles. The van der Waals surface area contributed by atoms with Crippen molar-refractivity contribution in [2.24, 2.45) is 0 Å². The fourth-order valence-electron chi connectivity index (χ4n) is 2.23. The number of hydrogen-bond acceptors (Lipinski definition) is 4. The minimum Gasteiger partial charge on any atom is -0.486 e. The minimum absolute atomic E-state index is 0.0611. The Labute approximate surface area is 127 Å². The molecule has 3 rings (SSSR count). The Morgan fingerprint density at radius 1 is 1.14 bits per heavy atom. The molecule has 0 unspecified atom stereocenters. The molecule has 1 N–H and O–H groups in total. The maximum atomic E-state index is 11.8. The number of ether oxygens (including phenoxy) is 2. The number of hydrogen-bond donors (Lipinski definition) is 1. The maximum absolute atomic E-state index is 11.8. The van der Waals surface area contributed by atoms with Crippen molar-refractivity contribution in [1.29, 1.82) is 0 Å². The molecule has 0 saturated heterocycles. The fraction of sp³-hybridized carbons (Fsp3) is 0.312. The first kappa shape index (κ1) is 13.9. The van der Waals surface area contributed by atoms with Crippen LogP contribution in [0.3, 0.4) is 0 Å². The highest BCUT2D eigenvalue weighted by atomic mass is 32.1. The van der Waals surface area contributed by atoms with E-state index in [0.29, 0.717) is 26.2 Å². The number of fused-ring (bicyclic) bond motifs is 1. The van der Waals surface area contributed by atoms with Gasteiger partial charge in [0, 0.05) is 6.54 Å². The number of amides is 1. The molecule has 5 heteroatoms. The van der Waals surface area contributed by atoms with Crippen LogP contribution in [0.2, 0.25) is 0 Å². The van der Waals surface area contributed by atoms with Crippen molar-refractivity contribution in [3.8, 4) is 11.5 Å². The van der Waals surface area contributed by atoms with E-state index in [4.69, 9.17) is 9.47 Å². The van der Waals surface area contributed by atoms with Crippen molar-refractivity contribution in [3.05, 3.63) is 46.2 Å². The van der Waals surface area contributed by atoms with Crippen LogP contribution < -0.4 is 14.8 Å². The van der Waals surface area contributed by atoms with Crippen molar-refractivity contribution in [2.45, 2.75) is 12.8 Å². The van der Waals surface area contributed by atoms with E-state index in [1.165, 1.54) is 0 Å². The van der Waals surface area contributed by atoms with Gasteiger partial charge in [0.2, 0.25) is 5.91 Å². The van der Waals surface area contributed by atoms with Gasteiger partial charge < -0.3 is 14.8 Å². The number of benzene rings is 1. The van der Waals surface area contributed by atoms with Gasteiger partial charge in [0.1, 0.15) is 13.2 Å². The van der Waals surface area contributed by atoms with Crippen LogP contribution in [0.1, 0.15) is 11.1 Å². The topological polar surface area (TPSA) is 47.6 Å². The Bertz CT molecular complexity index is 610. The van der Waals surface area contributed by atoms with Gasteiger partial charge >= 0.3 is 0 Å². The van der Waals surface area contributed by atoms with Crippen LogP contribution in [-0.2, 0) is 17.6 Å². The summed E-state index contributed by atoms with van der Waals surface area (Å²) >= 11 is 1.61. The Morgan fingerprint density at radius 3 is 2.81 bits per heavy atom. The summed E-state index contributed by atoms with van der Waals surface area (Å²) in [5.74, 6) is 1.65. The summed E-state index contributed by atoms with van der Waals surface area (Å²) in [6.45, 7) is 1.82. The fourth-order valence-corrected chi connectivity index (χ4v) is 2.90. The molecule has 0 bridgehead atoms. The van der Waals surface area contributed by atoms with Crippen LogP contribution in [0.4, 0.5) is 0 Å². The molecule has 0 radical (unpaired) electrons. The molecular weight excluding hydrogens is 286 g/mol. The van der Waals surface area contributed by atoms with E-state index in [-0.39, 0.29) is 5.91 Å². The molecule has 0 fully saturated rings. The average Bonchev–Trinajstić information content (AvgIpc) is 3.00. The van der Waals surface area contributed by atoms with E-state index in [2.05, 4.69) is 5.32 Å². The highest BCUT2D eigenvalue weighted by Crippen LogP contribution is 2.30. The highest BCUT2D eigenvalue weighted by molar-refractivity contribution is 7.07. The van der Waals surface area contributed by atoms with Crippen LogP contribution >= 0.6 is 11.3 Å². The van der Waals surface area contributed by atoms with Gasteiger partial charge in [-0.3, -0.25) is 4.79 Å². The minimum atomic E-state index is 0.0611. The molecule has 1 amide bonds. The molecule has 0 aliphatic carbocycles. The van der Waals surface area contributed by atoms with Crippen LogP contribution in [0, 0.1) is 0 Å². The summed E-state index contributed by atoms with van der Waals surface area (Å²) in [6.07, 6.45) is 1.23. The van der Waals surface area contributed by atoms with E-state index < -0.39 is 0 Å². The first-order valence-corrected chi connectivity index (χ1v) is 7.92. The van der Waals surface area contributed by atoms with Gasteiger partial charge in [0.05, 0.1) is 6.42 Å². The predicted octanol–water partition coefficient (Wildman–Crippen LogP) is 2.42. The van der Waals surface area contributed by atoms with E-state index in [1.807, 2.05) is 35.0 Å². The summed E-state index contributed by atoms with van der Waals surface area (Å²) in [6, 6.07) is 7.90. The Balaban J connectivity index is 1.48. The van der Waals surface area contributed by atoms with Gasteiger partial charge in [-0.05, 0) is 46.5 Å². The maximum Gasteiger partial charge on any atom is 0.224 e. The van der Waals surface area contributed by atoms with E-state index in [1.54, 1.807) is 11.3 Å². The zero-order valence-corrected chi connectivity index (χ0v) is 12.4. The number of thiophene rings is 1. The van der Waals surface area contributed by atoms with Gasteiger partial charge in [-0.1, -0.05) is 6.07 Å².